The molecule has 1 atom stereocenters. The SMILES string of the molecule is CC1(CNC(=O)Nc2ccc(C(F)(F)F)cc2)CCCN1. The Balaban J connectivity index is 1.85. The summed E-state index contributed by atoms with van der Waals surface area (Å²) in [6, 6.07) is 3.92. The summed E-state index contributed by atoms with van der Waals surface area (Å²) in [4.78, 5) is 11.7. The maximum Gasteiger partial charge on any atom is 0.416 e. The van der Waals surface area contributed by atoms with Crippen LogP contribution < -0.4 is 16.0 Å². The minimum atomic E-state index is -4.37. The van der Waals surface area contributed by atoms with Crippen molar-refractivity contribution in [3.8, 4) is 0 Å². The minimum Gasteiger partial charge on any atom is -0.336 e. The molecule has 0 spiro atoms. The predicted molar refractivity (Wildman–Crippen MR) is 74.1 cm³/mol. The number of nitrogens with one attached hydrogen (secondary N) is 3. The molecule has 0 aliphatic carbocycles. The Bertz CT molecular complexity index is 493. The van der Waals surface area contributed by atoms with Crippen LogP contribution in [0.3, 0.4) is 0 Å². The van der Waals surface area contributed by atoms with E-state index < -0.39 is 17.8 Å². The van der Waals surface area contributed by atoms with E-state index in [-0.39, 0.29) is 5.54 Å². The first-order valence-corrected chi connectivity index (χ1v) is 6.76. The van der Waals surface area contributed by atoms with E-state index in [4.69, 9.17) is 0 Å². The monoisotopic (exact) mass is 301 g/mol. The number of hydrogen-bond donors (Lipinski definition) is 3. The van der Waals surface area contributed by atoms with Gasteiger partial charge in [-0.3, -0.25) is 0 Å². The summed E-state index contributed by atoms with van der Waals surface area (Å²) in [7, 11) is 0. The van der Waals surface area contributed by atoms with Crippen molar-refractivity contribution in [1.29, 1.82) is 0 Å². The van der Waals surface area contributed by atoms with Crippen molar-refractivity contribution in [3.63, 3.8) is 0 Å². The van der Waals surface area contributed by atoms with Crippen molar-refractivity contribution >= 4 is 11.7 Å². The molecule has 2 amide bonds. The van der Waals surface area contributed by atoms with Crippen LogP contribution in [0.2, 0.25) is 0 Å². The van der Waals surface area contributed by atoms with Crippen LogP contribution in [0, 0.1) is 0 Å². The zero-order valence-corrected chi connectivity index (χ0v) is 11.7. The molecule has 1 aliphatic heterocycles. The summed E-state index contributed by atoms with van der Waals surface area (Å²) in [5, 5.41) is 8.55. The van der Waals surface area contributed by atoms with Crippen molar-refractivity contribution in [2.45, 2.75) is 31.5 Å². The molecule has 4 nitrogen and oxygen atoms in total. The van der Waals surface area contributed by atoms with Crippen molar-refractivity contribution in [3.05, 3.63) is 29.8 Å². The Morgan fingerprint density at radius 1 is 1.33 bits per heavy atom. The highest BCUT2D eigenvalue weighted by molar-refractivity contribution is 5.89. The fourth-order valence-corrected chi connectivity index (χ4v) is 2.30. The Kier molecular flexibility index (Phi) is 4.41. The largest absolute Gasteiger partial charge is 0.416 e. The summed E-state index contributed by atoms with van der Waals surface area (Å²) in [5.41, 5.74) is -0.529. The van der Waals surface area contributed by atoms with Gasteiger partial charge in [-0.1, -0.05) is 0 Å². The first-order valence-electron chi connectivity index (χ1n) is 6.76. The summed E-state index contributed by atoms with van der Waals surface area (Å²) in [5.74, 6) is 0. The lowest BCUT2D eigenvalue weighted by atomic mass is 10.0. The summed E-state index contributed by atoms with van der Waals surface area (Å²) in [6.07, 6.45) is -2.32. The van der Waals surface area contributed by atoms with E-state index >= 15 is 0 Å². The number of halogens is 3. The molecule has 1 aromatic carbocycles. The number of benzene rings is 1. The number of urea groups is 1. The Hall–Kier alpha value is -1.76. The molecule has 0 aromatic heterocycles. The second kappa shape index (κ2) is 5.93. The topological polar surface area (TPSA) is 53.2 Å². The zero-order valence-electron chi connectivity index (χ0n) is 11.7. The van der Waals surface area contributed by atoms with E-state index in [1.807, 2.05) is 6.92 Å². The van der Waals surface area contributed by atoms with E-state index in [2.05, 4.69) is 16.0 Å². The lowest BCUT2D eigenvalue weighted by Crippen LogP contribution is -2.48. The zero-order chi connectivity index (χ0) is 15.5. The van der Waals surface area contributed by atoms with Crippen molar-refractivity contribution in [2.75, 3.05) is 18.4 Å². The van der Waals surface area contributed by atoms with Gasteiger partial charge in [0.2, 0.25) is 0 Å². The van der Waals surface area contributed by atoms with Gasteiger partial charge in [0.05, 0.1) is 5.56 Å². The molecular weight excluding hydrogens is 283 g/mol. The van der Waals surface area contributed by atoms with Crippen LogP contribution in [-0.4, -0.2) is 24.7 Å². The van der Waals surface area contributed by atoms with Crippen molar-refractivity contribution < 1.29 is 18.0 Å². The Morgan fingerprint density at radius 2 is 2.00 bits per heavy atom. The smallest absolute Gasteiger partial charge is 0.336 e. The molecule has 7 heteroatoms. The third kappa shape index (κ3) is 4.35. The predicted octanol–water partition coefficient (Wildman–Crippen LogP) is 2.97. The first-order chi connectivity index (χ1) is 9.78. The third-order valence-electron chi connectivity index (χ3n) is 3.57. The molecule has 2 rings (SSSR count). The Morgan fingerprint density at radius 3 is 2.52 bits per heavy atom. The van der Waals surface area contributed by atoms with Crippen molar-refractivity contribution in [1.82, 2.24) is 10.6 Å². The van der Waals surface area contributed by atoms with Gasteiger partial charge in [-0.2, -0.15) is 13.2 Å². The molecule has 0 radical (unpaired) electrons. The van der Waals surface area contributed by atoms with Crippen LogP contribution in [0.1, 0.15) is 25.3 Å². The lowest BCUT2D eigenvalue weighted by molar-refractivity contribution is -0.137. The van der Waals surface area contributed by atoms with Crippen molar-refractivity contribution in [2.24, 2.45) is 0 Å². The van der Waals surface area contributed by atoms with Crippen LogP contribution >= 0.6 is 0 Å². The van der Waals surface area contributed by atoms with E-state index in [0.29, 0.717) is 12.2 Å². The molecule has 0 bridgehead atoms. The highest BCUT2D eigenvalue weighted by atomic mass is 19.4. The molecule has 1 heterocycles. The van der Waals surface area contributed by atoms with E-state index in [1.54, 1.807) is 0 Å². The van der Waals surface area contributed by atoms with E-state index in [1.165, 1.54) is 12.1 Å². The molecule has 1 saturated heterocycles. The van der Waals surface area contributed by atoms with Gasteiger partial charge < -0.3 is 16.0 Å². The van der Waals surface area contributed by atoms with Gasteiger partial charge >= 0.3 is 12.2 Å². The molecule has 1 aromatic rings. The Labute approximate surface area is 121 Å². The second-order valence-electron chi connectivity index (χ2n) is 5.47. The molecule has 1 fully saturated rings. The molecule has 1 unspecified atom stereocenters. The highest BCUT2D eigenvalue weighted by Gasteiger charge is 2.30. The van der Waals surface area contributed by atoms with E-state index in [9.17, 15) is 18.0 Å². The van der Waals surface area contributed by atoms with Gasteiger partial charge in [0.1, 0.15) is 0 Å². The third-order valence-corrected chi connectivity index (χ3v) is 3.57. The van der Waals surface area contributed by atoms with Gasteiger partial charge in [-0.15, -0.1) is 0 Å². The molecule has 116 valence electrons. The van der Waals surface area contributed by atoms with Gasteiger partial charge in [0.15, 0.2) is 0 Å². The molecule has 3 N–H and O–H groups in total. The standard InChI is InChI=1S/C14H18F3N3O/c1-13(7-2-8-19-13)9-18-12(21)20-11-5-3-10(4-6-11)14(15,16)17/h3-6,19H,2,7-9H2,1H3,(H2,18,20,21). The summed E-state index contributed by atoms with van der Waals surface area (Å²) < 4.78 is 37.2. The first kappa shape index (κ1) is 15.6. The average molecular weight is 301 g/mol. The van der Waals surface area contributed by atoms with Gasteiger partial charge in [0, 0.05) is 17.8 Å². The fraction of sp³-hybridized carbons (Fsp3) is 0.500. The number of carbonyl (C=O) groups excluding carboxylic acids is 1. The normalized spacial score (nSPS) is 22.1. The fourth-order valence-electron chi connectivity index (χ4n) is 2.30. The number of hydrogen-bond acceptors (Lipinski definition) is 2. The van der Waals surface area contributed by atoms with Crippen LogP contribution in [0.5, 0.6) is 0 Å². The number of carbonyl (C=O) groups is 1. The number of anilines is 1. The molecule has 1 aliphatic rings. The second-order valence-corrected chi connectivity index (χ2v) is 5.47. The lowest BCUT2D eigenvalue weighted by Gasteiger charge is -2.24. The molecule has 0 saturated carbocycles. The van der Waals surface area contributed by atoms with Crippen LogP contribution in [0.25, 0.3) is 0 Å². The number of amides is 2. The van der Waals surface area contributed by atoms with Crippen LogP contribution in [-0.2, 0) is 6.18 Å². The van der Waals surface area contributed by atoms with Gasteiger partial charge in [-0.25, -0.2) is 4.79 Å². The van der Waals surface area contributed by atoms with E-state index in [0.717, 1.165) is 31.5 Å². The average Bonchev–Trinajstić information content (AvgIpc) is 2.84. The maximum absolute atomic E-state index is 12.4. The molecular formula is C14H18F3N3O. The minimum absolute atomic E-state index is 0.114. The van der Waals surface area contributed by atoms with Crippen LogP contribution in [0.4, 0.5) is 23.7 Å². The quantitative estimate of drug-likeness (QED) is 0.804. The van der Waals surface area contributed by atoms with Gasteiger partial charge in [0.25, 0.3) is 0 Å². The highest BCUT2D eigenvalue weighted by Crippen LogP contribution is 2.29. The number of alkyl halides is 3. The molecule has 21 heavy (non-hydrogen) atoms. The maximum atomic E-state index is 12.4. The summed E-state index contributed by atoms with van der Waals surface area (Å²) >= 11 is 0. The van der Waals surface area contributed by atoms with Gasteiger partial charge in [-0.05, 0) is 50.6 Å². The number of rotatable bonds is 3. The van der Waals surface area contributed by atoms with Crippen LogP contribution in [0.15, 0.2) is 24.3 Å². The summed E-state index contributed by atoms with van der Waals surface area (Å²) in [6.45, 7) is 3.43.